The maximum atomic E-state index is 11.4. The summed E-state index contributed by atoms with van der Waals surface area (Å²) in [5.41, 5.74) is 0.801. The second-order valence-electron chi connectivity index (χ2n) is 5.83. The van der Waals surface area contributed by atoms with Crippen molar-refractivity contribution in [1.82, 2.24) is 20.1 Å². The van der Waals surface area contributed by atoms with E-state index in [2.05, 4.69) is 20.5 Å². The van der Waals surface area contributed by atoms with Crippen LogP contribution in [0.15, 0.2) is 24.4 Å². The van der Waals surface area contributed by atoms with Gasteiger partial charge >= 0.3 is 0 Å². The molecule has 1 N–H and O–H groups in total. The lowest BCUT2D eigenvalue weighted by Crippen LogP contribution is -2.48. The average molecular weight is 358 g/mol. The highest BCUT2D eigenvalue weighted by Crippen LogP contribution is 2.30. The van der Waals surface area contributed by atoms with E-state index in [1.165, 1.54) is 0 Å². The van der Waals surface area contributed by atoms with Gasteiger partial charge in [0.1, 0.15) is 0 Å². The number of amides is 1. The van der Waals surface area contributed by atoms with Crippen LogP contribution in [0.2, 0.25) is 0 Å². The third-order valence-corrected chi connectivity index (χ3v) is 4.21. The number of rotatable bonds is 5. The standard InChI is InChI=1S/C17H22N6O3/c1-12(24)22-6-8-23(9-7-22)17-20-16(11-18-21-17)19-13-4-5-14(25-2)15(10-13)26-3/h4-5,10-11H,6-9H2,1-3H3,(H,19,20,21). The number of carbonyl (C=O) groups excluding carboxylic acids is 1. The molecule has 2 heterocycles. The molecule has 0 radical (unpaired) electrons. The summed E-state index contributed by atoms with van der Waals surface area (Å²) in [6.45, 7) is 4.27. The number of hydrogen-bond acceptors (Lipinski definition) is 8. The lowest BCUT2D eigenvalue weighted by molar-refractivity contribution is -0.129. The fourth-order valence-electron chi connectivity index (χ4n) is 2.77. The quantitative estimate of drug-likeness (QED) is 0.855. The Bertz CT molecular complexity index is 777. The monoisotopic (exact) mass is 358 g/mol. The Kier molecular flexibility index (Phi) is 5.35. The topological polar surface area (TPSA) is 92.7 Å². The molecule has 1 aliphatic rings. The van der Waals surface area contributed by atoms with Gasteiger partial charge in [-0.3, -0.25) is 4.79 Å². The van der Waals surface area contributed by atoms with Gasteiger partial charge in [0.05, 0.1) is 20.4 Å². The molecule has 1 saturated heterocycles. The molecule has 1 aromatic carbocycles. The van der Waals surface area contributed by atoms with Crippen LogP contribution in [-0.2, 0) is 4.79 Å². The van der Waals surface area contributed by atoms with Crippen molar-refractivity contribution in [2.75, 3.05) is 50.6 Å². The molecule has 1 amide bonds. The molecule has 0 unspecified atom stereocenters. The van der Waals surface area contributed by atoms with Crippen LogP contribution < -0.4 is 19.7 Å². The Morgan fingerprint density at radius 3 is 2.50 bits per heavy atom. The van der Waals surface area contributed by atoms with E-state index in [9.17, 15) is 4.79 Å². The molecule has 0 saturated carbocycles. The van der Waals surface area contributed by atoms with Crippen molar-refractivity contribution in [3.05, 3.63) is 24.4 Å². The van der Waals surface area contributed by atoms with Crippen LogP contribution in [0.5, 0.6) is 11.5 Å². The first-order valence-corrected chi connectivity index (χ1v) is 8.30. The summed E-state index contributed by atoms with van der Waals surface area (Å²) in [5, 5.41) is 11.3. The molecular weight excluding hydrogens is 336 g/mol. The average Bonchev–Trinajstić information content (AvgIpc) is 2.68. The van der Waals surface area contributed by atoms with Gasteiger partial charge in [-0.05, 0) is 12.1 Å². The number of methoxy groups -OCH3 is 2. The van der Waals surface area contributed by atoms with Crippen LogP contribution in [0.1, 0.15) is 6.92 Å². The molecule has 0 bridgehead atoms. The largest absolute Gasteiger partial charge is 0.493 e. The van der Waals surface area contributed by atoms with Crippen LogP contribution >= 0.6 is 0 Å². The summed E-state index contributed by atoms with van der Waals surface area (Å²) in [6.07, 6.45) is 1.56. The number of ether oxygens (including phenoxy) is 2. The number of anilines is 3. The molecule has 9 heteroatoms. The van der Waals surface area contributed by atoms with Gasteiger partial charge in [-0.2, -0.15) is 10.1 Å². The first-order valence-electron chi connectivity index (χ1n) is 8.30. The van der Waals surface area contributed by atoms with Crippen molar-refractivity contribution in [3.63, 3.8) is 0 Å². The number of piperazine rings is 1. The fourth-order valence-corrected chi connectivity index (χ4v) is 2.77. The predicted octanol–water partition coefficient (Wildman–Crippen LogP) is 1.30. The molecule has 0 spiro atoms. The summed E-state index contributed by atoms with van der Waals surface area (Å²) in [5.74, 6) is 2.49. The van der Waals surface area contributed by atoms with E-state index in [1.54, 1.807) is 27.3 Å². The van der Waals surface area contributed by atoms with E-state index in [1.807, 2.05) is 28.0 Å². The van der Waals surface area contributed by atoms with Crippen LogP contribution in [0.25, 0.3) is 0 Å². The zero-order valence-corrected chi connectivity index (χ0v) is 15.1. The van der Waals surface area contributed by atoms with E-state index in [4.69, 9.17) is 9.47 Å². The first-order chi connectivity index (χ1) is 12.6. The van der Waals surface area contributed by atoms with Gasteiger partial charge in [0, 0.05) is 44.9 Å². The third kappa shape index (κ3) is 3.93. The summed E-state index contributed by atoms with van der Waals surface area (Å²) >= 11 is 0. The number of nitrogens with zero attached hydrogens (tertiary/aromatic N) is 5. The number of aromatic nitrogens is 3. The van der Waals surface area contributed by atoms with Crippen molar-refractivity contribution in [1.29, 1.82) is 0 Å². The summed E-state index contributed by atoms with van der Waals surface area (Å²) in [6, 6.07) is 5.51. The third-order valence-electron chi connectivity index (χ3n) is 4.21. The molecule has 1 aliphatic heterocycles. The van der Waals surface area contributed by atoms with E-state index < -0.39 is 0 Å². The second-order valence-corrected chi connectivity index (χ2v) is 5.83. The lowest BCUT2D eigenvalue weighted by Gasteiger charge is -2.33. The maximum absolute atomic E-state index is 11.4. The highest BCUT2D eigenvalue weighted by atomic mass is 16.5. The van der Waals surface area contributed by atoms with Crippen molar-refractivity contribution in [2.24, 2.45) is 0 Å². The Balaban J connectivity index is 1.71. The number of benzene rings is 1. The first kappa shape index (κ1) is 17.7. The summed E-state index contributed by atoms with van der Waals surface area (Å²) in [4.78, 5) is 19.8. The highest BCUT2D eigenvalue weighted by molar-refractivity contribution is 5.73. The van der Waals surface area contributed by atoms with Gasteiger partial charge in [0.25, 0.3) is 0 Å². The molecule has 0 aliphatic carbocycles. The minimum atomic E-state index is 0.0903. The van der Waals surface area contributed by atoms with Gasteiger partial charge in [-0.25, -0.2) is 0 Å². The highest BCUT2D eigenvalue weighted by Gasteiger charge is 2.21. The van der Waals surface area contributed by atoms with E-state index >= 15 is 0 Å². The molecule has 138 valence electrons. The summed E-state index contributed by atoms with van der Waals surface area (Å²) in [7, 11) is 3.18. The number of nitrogens with one attached hydrogen (secondary N) is 1. The normalized spacial score (nSPS) is 14.1. The zero-order valence-electron chi connectivity index (χ0n) is 15.1. The lowest BCUT2D eigenvalue weighted by atomic mass is 10.2. The minimum absolute atomic E-state index is 0.0903. The second kappa shape index (κ2) is 7.85. The number of carbonyl (C=O) groups is 1. The zero-order chi connectivity index (χ0) is 18.5. The van der Waals surface area contributed by atoms with Gasteiger partial charge < -0.3 is 24.6 Å². The van der Waals surface area contributed by atoms with Gasteiger partial charge in [-0.15, -0.1) is 5.10 Å². The van der Waals surface area contributed by atoms with E-state index in [0.717, 1.165) is 5.69 Å². The molecule has 3 rings (SSSR count). The fraction of sp³-hybridized carbons (Fsp3) is 0.412. The van der Waals surface area contributed by atoms with Gasteiger partial charge in [-0.1, -0.05) is 0 Å². The van der Waals surface area contributed by atoms with Crippen LogP contribution in [0.3, 0.4) is 0 Å². The van der Waals surface area contributed by atoms with E-state index in [0.29, 0.717) is 49.4 Å². The Morgan fingerprint density at radius 1 is 1.12 bits per heavy atom. The Hall–Kier alpha value is -3.10. The molecular formula is C17H22N6O3. The van der Waals surface area contributed by atoms with Gasteiger partial charge in [0.15, 0.2) is 17.3 Å². The van der Waals surface area contributed by atoms with Crippen LogP contribution in [0, 0.1) is 0 Å². The van der Waals surface area contributed by atoms with Gasteiger partial charge in [0.2, 0.25) is 11.9 Å². The van der Waals surface area contributed by atoms with Crippen molar-refractivity contribution in [3.8, 4) is 11.5 Å². The predicted molar refractivity (Wildman–Crippen MR) is 97.1 cm³/mol. The molecule has 9 nitrogen and oxygen atoms in total. The van der Waals surface area contributed by atoms with Crippen molar-refractivity contribution in [2.45, 2.75) is 6.92 Å². The van der Waals surface area contributed by atoms with Crippen molar-refractivity contribution >= 4 is 23.4 Å². The SMILES string of the molecule is COc1ccc(Nc2cnnc(N3CCN(C(C)=O)CC3)n2)cc1OC. The smallest absolute Gasteiger partial charge is 0.247 e. The maximum Gasteiger partial charge on any atom is 0.247 e. The molecule has 2 aromatic rings. The molecule has 26 heavy (non-hydrogen) atoms. The van der Waals surface area contributed by atoms with Crippen molar-refractivity contribution < 1.29 is 14.3 Å². The molecule has 1 fully saturated rings. The van der Waals surface area contributed by atoms with E-state index in [-0.39, 0.29) is 5.91 Å². The summed E-state index contributed by atoms with van der Waals surface area (Å²) < 4.78 is 10.5. The minimum Gasteiger partial charge on any atom is -0.493 e. The van der Waals surface area contributed by atoms with Crippen LogP contribution in [-0.4, -0.2) is 66.4 Å². The Morgan fingerprint density at radius 2 is 1.85 bits per heavy atom. The molecule has 1 aromatic heterocycles. The Labute approximate surface area is 151 Å². The van der Waals surface area contributed by atoms with Crippen LogP contribution in [0.4, 0.5) is 17.5 Å². The molecule has 0 atom stereocenters. The number of hydrogen-bond donors (Lipinski definition) is 1.